The van der Waals surface area contributed by atoms with Crippen molar-refractivity contribution in [3.8, 4) is 5.75 Å². The van der Waals surface area contributed by atoms with E-state index < -0.39 is 0 Å². The zero-order valence-corrected chi connectivity index (χ0v) is 13.2. The summed E-state index contributed by atoms with van der Waals surface area (Å²) in [6.07, 6.45) is 3.40. The van der Waals surface area contributed by atoms with Crippen molar-refractivity contribution in [1.29, 1.82) is 0 Å². The molecule has 1 aromatic carbocycles. The molecular weight excluding hydrogens is 306 g/mol. The van der Waals surface area contributed by atoms with E-state index in [4.69, 9.17) is 4.74 Å². The van der Waals surface area contributed by atoms with Gasteiger partial charge in [-0.05, 0) is 44.9 Å². The molecule has 3 nitrogen and oxygen atoms in total. The van der Waals surface area contributed by atoms with Gasteiger partial charge in [0.15, 0.2) is 0 Å². The van der Waals surface area contributed by atoms with Crippen LogP contribution in [0.15, 0.2) is 24.3 Å². The van der Waals surface area contributed by atoms with Crippen LogP contribution >= 0.6 is 15.9 Å². The smallest absolute Gasteiger partial charge is 0.251 e. The Morgan fingerprint density at radius 1 is 1.32 bits per heavy atom. The number of rotatable bonds is 8. The Hall–Kier alpha value is -1.03. The van der Waals surface area contributed by atoms with Gasteiger partial charge in [0.25, 0.3) is 5.91 Å². The molecule has 0 atom stereocenters. The minimum atomic E-state index is -0.0342. The van der Waals surface area contributed by atoms with E-state index in [1.807, 2.05) is 26.0 Å². The van der Waals surface area contributed by atoms with Crippen molar-refractivity contribution >= 4 is 21.8 Å². The van der Waals surface area contributed by atoms with E-state index in [2.05, 4.69) is 21.2 Å². The van der Waals surface area contributed by atoms with Gasteiger partial charge in [-0.2, -0.15) is 0 Å². The number of hydrogen-bond acceptors (Lipinski definition) is 2. The number of alkyl halides is 1. The number of amides is 1. The maximum Gasteiger partial charge on any atom is 0.251 e. The van der Waals surface area contributed by atoms with Gasteiger partial charge in [-0.3, -0.25) is 4.79 Å². The van der Waals surface area contributed by atoms with Gasteiger partial charge in [-0.25, -0.2) is 0 Å². The standard InChI is InChI=1S/C15H22BrNO2/c1-12(2)19-14-8-6-7-13(11-14)15(18)17-10-5-3-4-9-16/h6-8,11-12H,3-5,9-10H2,1-2H3,(H,17,18). The fraction of sp³-hybridized carbons (Fsp3) is 0.533. The molecule has 0 bridgehead atoms. The lowest BCUT2D eigenvalue weighted by molar-refractivity contribution is 0.0952. The van der Waals surface area contributed by atoms with E-state index in [1.165, 1.54) is 0 Å². The zero-order chi connectivity index (χ0) is 14.1. The zero-order valence-electron chi connectivity index (χ0n) is 11.6. The molecule has 1 aromatic rings. The van der Waals surface area contributed by atoms with Crippen LogP contribution in [0.5, 0.6) is 5.75 Å². The number of benzene rings is 1. The molecule has 19 heavy (non-hydrogen) atoms. The summed E-state index contributed by atoms with van der Waals surface area (Å²) in [6.45, 7) is 4.66. The molecule has 0 aliphatic rings. The predicted octanol–water partition coefficient (Wildman–Crippen LogP) is 3.77. The van der Waals surface area contributed by atoms with E-state index in [9.17, 15) is 4.79 Å². The summed E-state index contributed by atoms with van der Waals surface area (Å²) in [4.78, 5) is 11.9. The molecule has 0 fully saturated rings. The molecule has 0 radical (unpaired) electrons. The summed E-state index contributed by atoms with van der Waals surface area (Å²) >= 11 is 3.39. The Labute approximate surface area is 123 Å². The highest BCUT2D eigenvalue weighted by molar-refractivity contribution is 9.09. The minimum absolute atomic E-state index is 0.0342. The normalized spacial score (nSPS) is 10.5. The van der Waals surface area contributed by atoms with Crippen molar-refractivity contribution < 1.29 is 9.53 Å². The first-order valence-corrected chi connectivity index (χ1v) is 7.86. The third-order valence-corrected chi connectivity index (χ3v) is 3.12. The van der Waals surface area contributed by atoms with Gasteiger partial charge in [0.1, 0.15) is 5.75 Å². The van der Waals surface area contributed by atoms with Gasteiger partial charge >= 0.3 is 0 Å². The van der Waals surface area contributed by atoms with Gasteiger partial charge in [-0.1, -0.05) is 28.4 Å². The number of halogens is 1. The van der Waals surface area contributed by atoms with Crippen LogP contribution in [0.3, 0.4) is 0 Å². The molecule has 4 heteroatoms. The van der Waals surface area contributed by atoms with Crippen molar-refractivity contribution in [2.75, 3.05) is 11.9 Å². The summed E-state index contributed by atoms with van der Waals surface area (Å²) in [5.74, 6) is 0.704. The molecular formula is C15H22BrNO2. The highest BCUT2D eigenvalue weighted by atomic mass is 79.9. The lowest BCUT2D eigenvalue weighted by Gasteiger charge is -2.11. The molecule has 0 saturated carbocycles. The van der Waals surface area contributed by atoms with E-state index in [-0.39, 0.29) is 12.0 Å². The number of ether oxygens (including phenoxy) is 1. The summed E-state index contributed by atoms with van der Waals surface area (Å²) in [6, 6.07) is 7.30. The molecule has 0 unspecified atom stereocenters. The highest BCUT2D eigenvalue weighted by Crippen LogP contribution is 2.14. The van der Waals surface area contributed by atoms with Gasteiger partial charge in [0.2, 0.25) is 0 Å². The number of unbranched alkanes of at least 4 members (excludes halogenated alkanes) is 2. The Bertz CT molecular complexity index is 393. The van der Waals surface area contributed by atoms with Crippen LogP contribution in [0.2, 0.25) is 0 Å². The van der Waals surface area contributed by atoms with Crippen molar-refractivity contribution in [2.45, 2.75) is 39.2 Å². The monoisotopic (exact) mass is 327 g/mol. The molecule has 0 aliphatic heterocycles. The average molecular weight is 328 g/mol. The summed E-state index contributed by atoms with van der Waals surface area (Å²) in [5.41, 5.74) is 0.652. The van der Waals surface area contributed by atoms with E-state index >= 15 is 0 Å². The largest absolute Gasteiger partial charge is 0.491 e. The Morgan fingerprint density at radius 2 is 2.11 bits per heavy atom. The lowest BCUT2D eigenvalue weighted by atomic mass is 10.2. The van der Waals surface area contributed by atoms with E-state index in [0.29, 0.717) is 5.56 Å². The molecule has 1 N–H and O–H groups in total. The van der Waals surface area contributed by atoms with Crippen LogP contribution in [-0.4, -0.2) is 23.9 Å². The number of carbonyl (C=O) groups is 1. The van der Waals surface area contributed by atoms with Crippen LogP contribution in [0.1, 0.15) is 43.5 Å². The van der Waals surface area contributed by atoms with Crippen molar-refractivity contribution in [3.63, 3.8) is 0 Å². The maximum atomic E-state index is 11.9. The lowest BCUT2D eigenvalue weighted by Crippen LogP contribution is -2.24. The van der Waals surface area contributed by atoms with Crippen molar-refractivity contribution in [1.82, 2.24) is 5.32 Å². The van der Waals surface area contributed by atoms with E-state index in [1.54, 1.807) is 12.1 Å². The Morgan fingerprint density at radius 3 is 2.79 bits per heavy atom. The van der Waals surface area contributed by atoms with Crippen LogP contribution in [0, 0.1) is 0 Å². The molecule has 106 valence electrons. The second-order valence-electron chi connectivity index (χ2n) is 4.70. The second-order valence-corrected chi connectivity index (χ2v) is 5.49. The molecule has 0 saturated heterocycles. The quantitative estimate of drug-likeness (QED) is 0.583. The van der Waals surface area contributed by atoms with Crippen LogP contribution in [0.4, 0.5) is 0 Å². The summed E-state index contributed by atoms with van der Waals surface area (Å²) < 4.78 is 5.58. The maximum absolute atomic E-state index is 11.9. The van der Waals surface area contributed by atoms with E-state index in [0.717, 1.165) is 36.9 Å². The first-order valence-electron chi connectivity index (χ1n) is 6.74. The molecule has 0 aromatic heterocycles. The first-order chi connectivity index (χ1) is 9.13. The molecule has 0 heterocycles. The Kier molecular flexibility index (Phi) is 7.56. The highest BCUT2D eigenvalue weighted by Gasteiger charge is 2.06. The fourth-order valence-corrected chi connectivity index (χ4v) is 2.08. The Balaban J connectivity index is 2.43. The predicted molar refractivity (Wildman–Crippen MR) is 82.2 cm³/mol. The first kappa shape index (κ1) is 16.0. The van der Waals surface area contributed by atoms with Crippen LogP contribution in [-0.2, 0) is 0 Å². The SMILES string of the molecule is CC(C)Oc1cccc(C(=O)NCCCCCBr)c1. The third kappa shape index (κ3) is 6.62. The second kappa shape index (κ2) is 8.97. The third-order valence-electron chi connectivity index (χ3n) is 2.56. The summed E-state index contributed by atoms with van der Waals surface area (Å²) in [7, 11) is 0. The number of hydrogen-bond donors (Lipinski definition) is 1. The van der Waals surface area contributed by atoms with Crippen LogP contribution < -0.4 is 10.1 Å². The fourth-order valence-electron chi connectivity index (χ4n) is 1.68. The van der Waals surface area contributed by atoms with Gasteiger partial charge < -0.3 is 10.1 Å². The van der Waals surface area contributed by atoms with Gasteiger partial charge in [0, 0.05) is 17.4 Å². The van der Waals surface area contributed by atoms with Crippen molar-refractivity contribution in [3.05, 3.63) is 29.8 Å². The topological polar surface area (TPSA) is 38.3 Å². The van der Waals surface area contributed by atoms with Gasteiger partial charge in [0.05, 0.1) is 6.10 Å². The average Bonchev–Trinajstić information content (AvgIpc) is 2.38. The van der Waals surface area contributed by atoms with Crippen LogP contribution in [0.25, 0.3) is 0 Å². The number of nitrogens with one attached hydrogen (secondary N) is 1. The molecule has 1 amide bonds. The van der Waals surface area contributed by atoms with Gasteiger partial charge in [-0.15, -0.1) is 0 Å². The number of carbonyl (C=O) groups excluding carboxylic acids is 1. The molecule has 1 rings (SSSR count). The molecule has 0 aliphatic carbocycles. The minimum Gasteiger partial charge on any atom is -0.491 e. The molecule has 0 spiro atoms. The summed E-state index contributed by atoms with van der Waals surface area (Å²) in [5, 5.41) is 3.95. The van der Waals surface area contributed by atoms with Crippen molar-refractivity contribution in [2.24, 2.45) is 0 Å².